The Bertz CT molecular complexity index is 137. The molecule has 0 heterocycles. The predicted octanol–water partition coefficient (Wildman–Crippen LogP) is 1.26. The monoisotopic (exact) mass is 215 g/mol. The van der Waals surface area contributed by atoms with Crippen molar-refractivity contribution in [2.24, 2.45) is 0 Å². The zero-order valence-corrected chi connectivity index (χ0v) is 11.2. The van der Waals surface area contributed by atoms with Crippen LogP contribution in [-0.4, -0.2) is 62.7 Å². The molecule has 0 atom stereocenters. The van der Waals surface area contributed by atoms with Crippen molar-refractivity contribution in [1.82, 2.24) is 15.1 Å². The van der Waals surface area contributed by atoms with Gasteiger partial charge in [-0.1, -0.05) is 20.8 Å². The van der Waals surface area contributed by atoms with E-state index in [1.165, 1.54) is 19.5 Å². The lowest BCUT2D eigenvalue weighted by Gasteiger charge is -2.22. The fraction of sp³-hybridized carbons (Fsp3) is 1.00. The Hall–Kier alpha value is -0.120. The summed E-state index contributed by atoms with van der Waals surface area (Å²) in [5.41, 5.74) is 0. The maximum absolute atomic E-state index is 3.43. The van der Waals surface area contributed by atoms with E-state index in [0.29, 0.717) is 6.04 Å². The minimum Gasteiger partial charge on any atom is -0.313 e. The van der Waals surface area contributed by atoms with Gasteiger partial charge in [0.05, 0.1) is 0 Å². The second-order valence-corrected chi connectivity index (χ2v) is 4.72. The highest BCUT2D eigenvalue weighted by molar-refractivity contribution is 4.60. The normalized spacial score (nSPS) is 12.0. The Morgan fingerprint density at radius 2 is 1.47 bits per heavy atom. The molecule has 0 amide bonds. The quantitative estimate of drug-likeness (QED) is 0.625. The standard InChI is InChI=1S/C12H29N3/c1-6-8-14(4)10-11-15(5)9-7-13-12(2)3/h12-13H,6-11H2,1-5H3. The number of nitrogens with zero attached hydrogens (tertiary/aromatic N) is 2. The summed E-state index contributed by atoms with van der Waals surface area (Å²) < 4.78 is 0. The van der Waals surface area contributed by atoms with Crippen molar-refractivity contribution in [2.45, 2.75) is 33.2 Å². The van der Waals surface area contributed by atoms with E-state index in [9.17, 15) is 0 Å². The van der Waals surface area contributed by atoms with Crippen molar-refractivity contribution in [3.63, 3.8) is 0 Å². The van der Waals surface area contributed by atoms with Gasteiger partial charge in [-0.3, -0.25) is 0 Å². The van der Waals surface area contributed by atoms with Gasteiger partial charge in [0.1, 0.15) is 0 Å². The maximum atomic E-state index is 3.43. The largest absolute Gasteiger partial charge is 0.313 e. The van der Waals surface area contributed by atoms with Crippen LogP contribution in [0.5, 0.6) is 0 Å². The van der Waals surface area contributed by atoms with E-state index in [0.717, 1.165) is 19.6 Å². The molecule has 0 rings (SSSR count). The lowest BCUT2D eigenvalue weighted by atomic mass is 10.4. The number of hydrogen-bond acceptors (Lipinski definition) is 3. The molecule has 0 unspecified atom stereocenters. The van der Waals surface area contributed by atoms with Crippen molar-refractivity contribution < 1.29 is 0 Å². The van der Waals surface area contributed by atoms with Crippen LogP contribution in [-0.2, 0) is 0 Å². The molecule has 92 valence electrons. The summed E-state index contributed by atoms with van der Waals surface area (Å²) in [7, 11) is 4.39. The lowest BCUT2D eigenvalue weighted by Crippen LogP contribution is -2.36. The minimum atomic E-state index is 0.598. The molecule has 0 aliphatic carbocycles. The molecule has 3 nitrogen and oxygen atoms in total. The molecule has 0 fully saturated rings. The first-order valence-corrected chi connectivity index (χ1v) is 6.16. The number of hydrogen-bond donors (Lipinski definition) is 1. The number of nitrogens with one attached hydrogen (secondary N) is 1. The van der Waals surface area contributed by atoms with Crippen LogP contribution in [0.2, 0.25) is 0 Å². The predicted molar refractivity (Wildman–Crippen MR) is 68.4 cm³/mol. The van der Waals surface area contributed by atoms with Crippen molar-refractivity contribution in [3.8, 4) is 0 Å². The van der Waals surface area contributed by atoms with Crippen molar-refractivity contribution >= 4 is 0 Å². The highest BCUT2D eigenvalue weighted by atomic mass is 15.2. The zero-order valence-electron chi connectivity index (χ0n) is 11.2. The lowest BCUT2D eigenvalue weighted by molar-refractivity contribution is 0.255. The molecule has 0 aromatic heterocycles. The third kappa shape index (κ3) is 10.2. The molecular formula is C12H29N3. The van der Waals surface area contributed by atoms with E-state index in [1.54, 1.807) is 0 Å². The SMILES string of the molecule is CCCN(C)CCN(C)CCNC(C)C. The van der Waals surface area contributed by atoms with Crippen LogP contribution in [0, 0.1) is 0 Å². The molecule has 0 aliphatic rings. The summed E-state index contributed by atoms with van der Waals surface area (Å²) in [6.45, 7) is 12.4. The van der Waals surface area contributed by atoms with Gasteiger partial charge >= 0.3 is 0 Å². The summed E-state index contributed by atoms with van der Waals surface area (Å²) in [5.74, 6) is 0. The maximum Gasteiger partial charge on any atom is 0.0107 e. The molecule has 0 aromatic carbocycles. The fourth-order valence-electron chi connectivity index (χ4n) is 1.49. The summed E-state index contributed by atoms with van der Waals surface area (Å²) in [5, 5.41) is 3.43. The van der Waals surface area contributed by atoms with Crippen LogP contribution in [0.25, 0.3) is 0 Å². The molecule has 0 aliphatic heterocycles. The van der Waals surface area contributed by atoms with Gasteiger partial charge < -0.3 is 15.1 Å². The highest BCUT2D eigenvalue weighted by Gasteiger charge is 2.01. The fourth-order valence-corrected chi connectivity index (χ4v) is 1.49. The van der Waals surface area contributed by atoms with Gasteiger partial charge in [0.25, 0.3) is 0 Å². The average Bonchev–Trinajstić information content (AvgIpc) is 2.14. The third-order valence-electron chi connectivity index (χ3n) is 2.51. The van der Waals surface area contributed by atoms with Gasteiger partial charge in [0.2, 0.25) is 0 Å². The summed E-state index contributed by atoms with van der Waals surface area (Å²) in [4.78, 5) is 4.79. The second kappa shape index (κ2) is 9.13. The second-order valence-electron chi connectivity index (χ2n) is 4.72. The van der Waals surface area contributed by atoms with Gasteiger partial charge in [-0.05, 0) is 27.1 Å². The van der Waals surface area contributed by atoms with E-state index in [-0.39, 0.29) is 0 Å². The van der Waals surface area contributed by atoms with Gasteiger partial charge in [-0.2, -0.15) is 0 Å². The molecule has 0 spiro atoms. The van der Waals surface area contributed by atoms with E-state index in [1.807, 2.05) is 0 Å². The van der Waals surface area contributed by atoms with Crippen LogP contribution in [0.4, 0.5) is 0 Å². The van der Waals surface area contributed by atoms with Gasteiger partial charge in [0, 0.05) is 32.2 Å². The first kappa shape index (κ1) is 14.9. The summed E-state index contributed by atoms with van der Waals surface area (Å²) >= 11 is 0. The first-order valence-electron chi connectivity index (χ1n) is 6.16. The Labute approximate surface area is 95.8 Å². The number of rotatable bonds is 9. The van der Waals surface area contributed by atoms with Crippen LogP contribution >= 0.6 is 0 Å². The summed E-state index contributed by atoms with van der Waals surface area (Å²) in [6.07, 6.45) is 1.25. The summed E-state index contributed by atoms with van der Waals surface area (Å²) in [6, 6.07) is 0.598. The van der Waals surface area contributed by atoms with E-state index in [4.69, 9.17) is 0 Å². The molecule has 0 saturated carbocycles. The molecular weight excluding hydrogens is 186 g/mol. The third-order valence-corrected chi connectivity index (χ3v) is 2.51. The van der Waals surface area contributed by atoms with Crippen molar-refractivity contribution in [2.75, 3.05) is 46.8 Å². The first-order chi connectivity index (χ1) is 7.06. The Kier molecular flexibility index (Phi) is 9.06. The van der Waals surface area contributed by atoms with E-state index in [2.05, 4.69) is 50.0 Å². The van der Waals surface area contributed by atoms with Crippen LogP contribution in [0.3, 0.4) is 0 Å². The van der Waals surface area contributed by atoms with E-state index >= 15 is 0 Å². The van der Waals surface area contributed by atoms with E-state index < -0.39 is 0 Å². The van der Waals surface area contributed by atoms with Gasteiger partial charge in [0.15, 0.2) is 0 Å². The Morgan fingerprint density at radius 3 is 1.93 bits per heavy atom. The van der Waals surface area contributed by atoms with Crippen molar-refractivity contribution in [1.29, 1.82) is 0 Å². The zero-order chi connectivity index (χ0) is 11.7. The van der Waals surface area contributed by atoms with Crippen LogP contribution in [0.1, 0.15) is 27.2 Å². The van der Waals surface area contributed by atoms with Crippen LogP contribution < -0.4 is 5.32 Å². The number of likely N-dealkylation sites (N-methyl/N-ethyl adjacent to an activating group) is 2. The topological polar surface area (TPSA) is 18.5 Å². The molecule has 0 saturated heterocycles. The Morgan fingerprint density at radius 1 is 0.933 bits per heavy atom. The minimum absolute atomic E-state index is 0.598. The average molecular weight is 215 g/mol. The van der Waals surface area contributed by atoms with Crippen LogP contribution in [0.15, 0.2) is 0 Å². The van der Waals surface area contributed by atoms with Crippen molar-refractivity contribution in [3.05, 3.63) is 0 Å². The molecule has 0 aromatic rings. The van der Waals surface area contributed by atoms with Gasteiger partial charge in [-0.15, -0.1) is 0 Å². The smallest absolute Gasteiger partial charge is 0.0107 e. The molecule has 0 bridgehead atoms. The molecule has 1 N–H and O–H groups in total. The Balaban J connectivity index is 3.36. The van der Waals surface area contributed by atoms with Gasteiger partial charge in [-0.25, -0.2) is 0 Å². The highest BCUT2D eigenvalue weighted by Crippen LogP contribution is 1.88. The molecule has 3 heteroatoms. The molecule has 15 heavy (non-hydrogen) atoms. The molecule has 0 radical (unpaired) electrons.